The van der Waals surface area contributed by atoms with Crippen molar-refractivity contribution in [3.8, 4) is 0 Å². The number of nitrogens with zero attached hydrogens (tertiary/aromatic N) is 2. The van der Waals surface area contributed by atoms with Crippen molar-refractivity contribution in [1.82, 2.24) is 16.1 Å². The maximum atomic E-state index is 13.4. The Morgan fingerprint density at radius 2 is 1.92 bits per heavy atom. The second kappa shape index (κ2) is 13.5. The van der Waals surface area contributed by atoms with Crippen LogP contribution >= 0.6 is 12.4 Å². The van der Waals surface area contributed by atoms with Crippen LogP contribution in [0.25, 0.3) is 0 Å². The Balaban J connectivity index is 0.00000533. The number of amides is 2. The summed E-state index contributed by atoms with van der Waals surface area (Å²) in [5.74, 6) is -0.113. The number of nitrogens with one attached hydrogen (secondary N) is 3. The van der Waals surface area contributed by atoms with Crippen molar-refractivity contribution >= 4 is 37.3 Å². The van der Waals surface area contributed by atoms with Gasteiger partial charge < -0.3 is 31.4 Å². The van der Waals surface area contributed by atoms with Crippen LogP contribution < -0.4 is 27.5 Å². The van der Waals surface area contributed by atoms with Gasteiger partial charge in [0.05, 0.1) is 17.6 Å². The van der Waals surface area contributed by atoms with Gasteiger partial charge in [-0.2, -0.15) is 0 Å². The zero-order valence-corrected chi connectivity index (χ0v) is 24.4. The maximum Gasteiger partial charge on any atom is 0.481 e. The van der Waals surface area contributed by atoms with Crippen LogP contribution in [0.15, 0.2) is 4.99 Å². The lowest BCUT2D eigenvalue weighted by Gasteiger charge is -2.64. The van der Waals surface area contributed by atoms with Gasteiger partial charge in [-0.25, -0.2) is 15.1 Å². The number of carbonyl (C=O) groups is 2. The van der Waals surface area contributed by atoms with Crippen molar-refractivity contribution in [3.05, 3.63) is 10.1 Å². The number of hydrazine groups is 1. The van der Waals surface area contributed by atoms with Crippen molar-refractivity contribution in [3.63, 3.8) is 0 Å². The van der Waals surface area contributed by atoms with E-state index in [1.807, 2.05) is 0 Å². The number of rotatable bonds is 13. The number of carbonyl (C=O) groups excluding carboxylic acids is 2. The van der Waals surface area contributed by atoms with Crippen LogP contribution in [0.1, 0.15) is 73.1 Å². The summed E-state index contributed by atoms with van der Waals surface area (Å²) in [6.07, 6.45) is 3.44. The summed E-state index contributed by atoms with van der Waals surface area (Å²) in [6.45, 7) is 11.2. The van der Waals surface area contributed by atoms with Crippen molar-refractivity contribution in [1.29, 1.82) is 0 Å². The fourth-order valence-electron chi connectivity index (χ4n) is 6.39. The average molecular weight is 574 g/mol. The van der Waals surface area contributed by atoms with Crippen LogP contribution in [0.4, 0.5) is 0 Å². The molecule has 1 saturated heterocycles. The van der Waals surface area contributed by atoms with Crippen LogP contribution in [-0.2, 0) is 18.9 Å². The molecule has 13 nitrogen and oxygen atoms in total. The van der Waals surface area contributed by atoms with E-state index >= 15 is 0 Å². The topological polar surface area (TPSA) is 196 Å². The highest BCUT2D eigenvalue weighted by Gasteiger charge is 2.68. The molecule has 4 aliphatic rings. The molecule has 7 N–H and O–H groups in total. The second-order valence-electron chi connectivity index (χ2n) is 12.0. The Bertz CT molecular complexity index is 925. The third kappa shape index (κ3) is 7.74. The Hall–Kier alpha value is -2.16. The Morgan fingerprint density at radius 3 is 2.51 bits per heavy atom. The highest BCUT2D eigenvalue weighted by Crippen LogP contribution is 2.65. The molecule has 0 radical (unpaired) electrons. The molecule has 39 heavy (non-hydrogen) atoms. The van der Waals surface area contributed by atoms with Gasteiger partial charge in [0.25, 0.3) is 5.96 Å². The molecule has 0 aromatic heterocycles. The molecule has 4 rings (SSSR count). The van der Waals surface area contributed by atoms with E-state index in [2.05, 4.69) is 50.2 Å². The number of halogens is 1. The second-order valence-corrected chi connectivity index (χ2v) is 12.0. The predicted molar refractivity (Wildman–Crippen MR) is 150 cm³/mol. The molecule has 1 aliphatic heterocycles. The first-order chi connectivity index (χ1) is 17.8. The summed E-state index contributed by atoms with van der Waals surface area (Å²) < 4.78 is 13.1. The number of nitro groups is 1. The van der Waals surface area contributed by atoms with E-state index in [1.165, 1.54) is 0 Å². The van der Waals surface area contributed by atoms with E-state index in [0.717, 1.165) is 12.8 Å². The summed E-state index contributed by atoms with van der Waals surface area (Å²) >= 11 is 0. The van der Waals surface area contributed by atoms with Crippen molar-refractivity contribution in [2.24, 2.45) is 39.6 Å². The SMILES string of the molecule is CC(C)C[C@H](NC(=O)[C@H](CCCN=C(N)N[N+](=O)[O-])NC(=O)CCN)B1O[C@@H]2C[C@@H]3C[C@@H](C3(C)C)[C@]2(C)O1.Cl. The number of hydrogen-bond donors (Lipinski definition) is 5. The largest absolute Gasteiger partial charge is 0.481 e. The highest BCUT2D eigenvalue weighted by molar-refractivity contribution is 6.48. The molecule has 3 aliphatic carbocycles. The zero-order chi connectivity index (χ0) is 28.3. The molecule has 1 heterocycles. The molecular formula is C24H45BClN7O6. The molecule has 2 bridgehead atoms. The number of hydrogen-bond acceptors (Lipinski definition) is 8. The van der Waals surface area contributed by atoms with Crippen LogP contribution in [0, 0.1) is 33.3 Å². The fourth-order valence-corrected chi connectivity index (χ4v) is 6.39. The van der Waals surface area contributed by atoms with Crippen LogP contribution in [0.3, 0.4) is 0 Å². The summed E-state index contributed by atoms with van der Waals surface area (Å²) in [5.41, 5.74) is 12.5. The van der Waals surface area contributed by atoms with Gasteiger partial charge in [0, 0.05) is 19.5 Å². The van der Waals surface area contributed by atoms with E-state index in [0.29, 0.717) is 24.7 Å². The first kappa shape index (κ1) is 33.1. The molecule has 0 aromatic rings. The minimum absolute atomic E-state index is 0. The van der Waals surface area contributed by atoms with E-state index in [-0.39, 0.29) is 73.5 Å². The molecule has 15 heteroatoms. The molecular weight excluding hydrogens is 529 g/mol. The van der Waals surface area contributed by atoms with Gasteiger partial charge in [-0.3, -0.25) is 9.59 Å². The van der Waals surface area contributed by atoms with Gasteiger partial charge in [-0.15, -0.1) is 12.4 Å². The lowest BCUT2D eigenvalue weighted by Crippen LogP contribution is -2.65. The van der Waals surface area contributed by atoms with Gasteiger partial charge in [0.2, 0.25) is 11.8 Å². The number of aliphatic imine (C=N–C) groups is 1. The first-order valence-corrected chi connectivity index (χ1v) is 13.6. The minimum atomic E-state index is -0.838. The molecule has 3 saturated carbocycles. The summed E-state index contributed by atoms with van der Waals surface area (Å²) in [5, 5.41) is 15.5. The molecule has 0 aromatic carbocycles. The highest BCUT2D eigenvalue weighted by atomic mass is 35.5. The Morgan fingerprint density at radius 1 is 1.23 bits per heavy atom. The van der Waals surface area contributed by atoms with Crippen molar-refractivity contribution < 1.29 is 23.9 Å². The summed E-state index contributed by atoms with van der Waals surface area (Å²) in [7, 11) is -0.579. The lowest BCUT2D eigenvalue weighted by atomic mass is 9.43. The standard InChI is InChI=1S/C24H44BN7O6.ClH/c1-14(2)11-19(25-37-18-13-15-12-17(23(15,3)4)24(18,5)38-25)30-21(34)16(29-20(33)8-9-26)7-6-10-28-22(27)31-32(35)36;/h14-19H,6-13,26H2,1-5H3,(H,29,33)(H,30,34)(H3,27,28,31);1H/t15-,16-,17-,18+,19-,24-;/m0./s1. The van der Waals surface area contributed by atoms with Gasteiger partial charge >= 0.3 is 7.12 Å². The van der Waals surface area contributed by atoms with Gasteiger partial charge in [0.15, 0.2) is 5.03 Å². The van der Waals surface area contributed by atoms with Crippen LogP contribution in [0.2, 0.25) is 0 Å². The van der Waals surface area contributed by atoms with E-state index in [1.54, 1.807) is 5.43 Å². The van der Waals surface area contributed by atoms with Crippen molar-refractivity contribution in [2.75, 3.05) is 13.1 Å². The molecule has 4 fully saturated rings. The van der Waals surface area contributed by atoms with E-state index < -0.39 is 29.7 Å². The monoisotopic (exact) mass is 573 g/mol. The molecule has 0 spiro atoms. The number of guanidine groups is 1. The first-order valence-electron chi connectivity index (χ1n) is 13.6. The average Bonchev–Trinajstić information content (AvgIpc) is 3.17. The van der Waals surface area contributed by atoms with Gasteiger partial charge in [-0.1, -0.05) is 33.1 Å². The maximum absolute atomic E-state index is 13.4. The fraction of sp³-hybridized carbons (Fsp3) is 0.875. The smallest absolute Gasteiger partial charge is 0.404 e. The van der Waals surface area contributed by atoms with Gasteiger partial charge in [0.1, 0.15) is 6.04 Å². The summed E-state index contributed by atoms with van der Waals surface area (Å²) in [6, 6.07) is -0.838. The van der Waals surface area contributed by atoms with E-state index in [4.69, 9.17) is 20.8 Å². The van der Waals surface area contributed by atoms with E-state index in [9.17, 15) is 19.7 Å². The van der Waals surface area contributed by atoms with Crippen molar-refractivity contribution in [2.45, 2.75) is 96.8 Å². The predicted octanol–water partition coefficient (Wildman–Crippen LogP) is 0.916. The molecule has 0 unspecified atom stereocenters. The Kier molecular flexibility index (Phi) is 11.4. The van der Waals surface area contributed by atoms with Gasteiger partial charge in [-0.05, 0) is 62.2 Å². The third-order valence-corrected chi connectivity index (χ3v) is 8.51. The number of nitrogens with two attached hydrogens (primary N) is 2. The lowest BCUT2D eigenvalue weighted by molar-refractivity contribution is -0.525. The molecule has 6 atom stereocenters. The van der Waals surface area contributed by atoms with Crippen LogP contribution in [0.5, 0.6) is 0 Å². The molecule has 2 amide bonds. The Labute approximate surface area is 237 Å². The molecule has 222 valence electrons. The summed E-state index contributed by atoms with van der Waals surface area (Å²) in [4.78, 5) is 40.1. The third-order valence-electron chi connectivity index (χ3n) is 8.51. The minimum Gasteiger partial charge on any atom is -0.404 e. The quantitative estimate of drug-likeness (QED) is 0.0531. The normalized spacial score (nSPS) is 28.4. The van der Waals surface area contributed by atoms with Crippen LogP contribution in [-0.4, -0.2) is 66.7 Å². The zero-order valence-electron chi connectivity index (χ0n) is 23.6.